The molecule has 0 fully saturated rings. The molecule has 0 heterocycles. The SMILES string of the molecule is CCCC[C@@H](CC)CC(=O)CCl. The molecule has 0 saturated carbocycles. The van der Waals surface area contributed by atoms with Gasteiger partial charge in [0.1, 0.15) is 5.78 Å². The van der Waals surface area contributed by atoms with Crippen molar-refractivity contribution in [2.75, 3.05) is 5.88 Å². The van der Waals surface area contributed by atoms with Crippen LogP contribution in [0.2, 0.25) is 0 Å². The van der Waals surface area contributed by atoms with Crippen molar-refractivity contribution in [1.29, 1.82) is 0 Å². The highest BCUT2D eigenvalue weighted by molar-refractivity contribution is 6.27. The van der Waals surface area contributed by atoms with E-state index >= 15 is 0 Å². The smallest absolute Gasteiger partial charge is 0.147 e. The molecule has 1 nitrogen and oxygen atoms in total. The van der Waals surface area contributed by atoms with Gasteiger partial charge in [0.25, 0.3) is 0 Å². The molecule has 0 spiro atoms. The topological polar surface area (TPSA) is 17.1 Å². The Morgan fingerprint density at radius 2 is 2.08 bits per heavy atom. The van der Waals surface area contributed by atoms with E-state index in [2.05, 4.69) is 13.8 Å². The number of ketones is 1. The number of halogens is 1. The number of Topliss-reactive ketones (excluding diaryl/α,β-unsaturated/α-hetero) is 1. The van der Waals surface area contributed by atoms with Gasteiger partial charge in [0.05, 0.1) is 5.88 Å². The first-order valence-corrected chi connectivity index (χ1v) is 5.35. The monoisotopic (exact) mass is 190 g/mol. The Morgan fingerprint density at radius 1 is 1.42 bits per heavy atom. The Balaban J connectivity index is 3.59. The van der Waals surface area contributed by atoms with Gasteiger partial charge in [-0.2, -0.15) is 0 Å². The summed E-state index contributed by atoms with van der Waals surface area (Å²) in [6.07, 6.45) is 5.40. The van der Waals surface area contributed by atoms with Crippen molar-refractivity contribution in [1.82, 2.24) is 0 Å². The Bertz CT molecular complexity index is 123. The second-order valence-electron chi connectivity index (χ2n) is 3.29. The predicted octanol–water partition coefficient (Wildman–Crippen LogP) is 3.40. The molecule has 0 aromatic heterocycles. The molecule has 0 aliphatic heterocycles. The second kappa shape index (κ2) is 7.60. The van der Waals surface area contributed by atoms with Gasteiger partial charge in [-0.25, -0.2) is 0 Å². The van der Waals surface area contributed by atoms with E-state index in [9.17, 15) is 4.79 Å². The first-order valence-electron chi connectivity index (χ1n) is 4.82. The van der Waals surface area contributed by atoms with Gasteiger partial charge in [-0.1, -0.05) is 39.5 Å². The highest BCUT2D eigenvalue weighted by Crippen LogP contribution is 2.16. The first-order chi connectivity index (χ1) is 5.74. The molecule has 0 N–H and O–H groups in total. The van der Waals surface area contributed by atoms with Gasteiger partial charge in [-0.15, -0.1) is 11.6 Å². The predicted molar refractivity (Wildman–Crippen MR) is 53.7 cm³/mol. The van der Waals surface area contributed by atoms with E-state index in [1.165, 1.54) is 19.3 Å². The molecular weight excluding hydrogens is 172 g/mol. The molecule has 2 heteroatoms. The van der Waals surface area contributed by atoms with E-state index in [1.54, 1.807) is 0 Å². The van der Waals surface area contributed by atoms with Crippen molar-refractivity contribution in [3.05, 3.63) is 0 Å². The summed E-state index contributed by atoms with van der Waals surface area (Å²) >= 11 is 5.44. The number of hydrogen-bond donors (Lipinski definition) is 0. The summed E-state index contributed by atoms with van der Waals surface area (Å²) in [5.41, 5.74) is 0. The maximum absolute atomic E-state index is 11.0. The average Bonchev–Trinajstić information content (AvgIpc) is 2.11. The van der Waals surface area contributed by atoms with Gasteiger partial charge in [0, 0.05) is 6.42 Å². The lowest BCUT2D eigenvalue weighted by atomic mass is 9.94. The second-order valence-corrected chi connectivity index (χ2v) is 3.56. The van der Waals surface area contributed by atoms with Crippen LogP contribution in [0.1, 0.15) is 46.0 Å². The lowest BCUT2D eigenvalue weighted by Crippen LogP contribution is -2.08. The van der Waals surface area contributed by atoms with Crippen molar-refractivity contribution in [2.45, 2.75) is 46.0 Å². The molecule has 0 unspecified atom stereocenters. The molecule has 0 radical (unpaired) electrons. The Kier molecular flexibility index (Phi) is 7.58. The van der Waals surface area contributed by atoms with Crippen molar-refractivity contribution in [3.63, 3.8) is 0 Å². The molecule has 0 aliphatic carbocycles. The van der Waals surface area contributed by atoms with E-state index in [0.717, 1.165) is 6.42 Å². The fraction of sp³-hybridized carbons (Fsp3) is 0.900. The van der Waals surface area contributed by atoms with Crippen LogP contribution in [0.4, 0.5) is 0 Å². The van der Waals surface area contributed by atoms with Crippen LogP contribution in [-0.2, 0) is 4.79 Å². The summed E-state index contributed by atoms with van der Waals surface area (Å²) in [6, 6.07) is 0. The number of alkyl halides is 1. The normalized spacial score (nSPS) is 12.9. The van der Waals surface area contributed by atoms with Gasteiger partial charge in [0.15, 0.2) is 0 Å². The summed E-state index contributed by atoms with van der Waals surface area (Å²) in [7, 11) is 0. The number of unbranched alkanes of at least 4 members (excludes halogenated alkanes) is 1. The Morgan fingerprint density at radius 3 is 2.50 bits per heavy atom. The molecule has 72 valence electrons. The third-order valence-corrected chi connectivity index (χ3v) is 2.51. The van der Waals surface area contributed by atoms with Gasteiger partial charge < -0.3 is 0 Å². The van der Waals surface area contributed by atoms with E-state index < -0.39 is 0 Å². The molecule has 0 aromatic carbocycles. The van der Waals surface area contributed by atoms with Crippen molar-refractivity contribution in [2.24, 2.45) is 5.92 Å². The van der Waals surface area contributed by atoms with Crippen LogP contribution in [-0.4, -0.2) is 11.7 Å². The van der Waals surface area contributed by atoms with Gasteiger partial charge in [0.2, 0.25) is 0 Å². The molecule has 0 amide bonds. The molecule has 1 atom stereocenters. The number of carbonyl (C=O) groups excluding carboxylic acids is 1. The number of carbonyl (C=O) groups is 1. The van der Waals surface area contributed by atoms with Crippen LogP contribution >= 0.6 is 11.6 Å². The third-order valence-electron chi connectivity index (χ3n) is 2.21. The molecule has 0 aromatic rings. The maximum atomic E-state index is 11.0. The molecule has 0 bridgehead atoms. The first kappa shape index (κ1) is 12.0. The average molecular weight is 191 g/mol. The van der Waals surface area contributed by atoms with Crippen molar-refractivity contribution < 1.29 is 4.79 Å². The lowest BCUT2D eigenvalue weighted by Gasteiger charge is -2.11. The minimum absolute atomic E-state index is 0.183. The Hall–Kier alpha value is -0.0400. The Labute approximate surface area is 80.5 Å². The zero-order chi connectivity index (χ0) is 9.40. The van der Waals surface area contributed by atoms with Crippen LogP contribution in [0.15, 0.2) is 0 Å². The van der Waals surface area contributed by atoms with Gasteiger partial charge in [-0.3, -0.25) is 4.79 Å². The maximum Gasteiger partial charge on any atom is 0.147 e. The van der Waals surface area contributed by atoms with Crippen LogP contribution in [0.5, 0.6) is 0 Å². The van der Waals surface area contributed by atoms with Crippen LogP contribution < -0.4 is 0 Å². The summed E-state index contributed by atoms with van der Waals surface area (Å²) in [4.78, 5) is 11.0. The number of hydrogen-bond acceptors (Lipinski definition) is 1. The molecular formula is C10H19ClO. The zero-order valence-corrected chi connectivity index (χ0v) is 8.86. The molecule has 0 saturated heterocycles. The van der Waals surface area contributed by atoms with E-state index in [4.69, 9.17) is 11.6 Å². The largest absolute Gasteiger partial charge is 0.298 e. The van der Waals surface area contributed by atoms with E-state index in [-0.39, 0.29) is 11.7 Å². The zero-order valence-electron chi connectivity index (χ0n) is 8.11. The summed E-state index contributed by atoms with van der Waals surface area (Å²) < 4.78 is 0. The highest BCUT2D eigenvalue weighted by Gasteiger charge is 2.10. The fourth-order valence-corrected chi connectivity index (χ4v) is 1.43. The summed E-state index contributed by atoms with van der Waals surface area (Å²) in [5, 5.41) is 0. The fourth-order valence-electron chi connectivity index (χ4n) is 1.32. The van der Waals surface area contributed by atoms with Gasteiger partial charge >= 0.3 is 0 Å². The minimum atomic E-state index is 0.183. The molecule has 12 heavy (non-hydrogen) atoms. The van der Waals surface area contributed by atoms with Crippen LogP contribution in [0.25, 0.3) is 0 Å². The summed E-state index contributed by atoms with van der Waals surface area (Å²) in [6.45, 7) is 4.32. The lowest BCUT2D eigenvalue weighted by molar-refractivity contribution is -0.117. The standard InChI is InChI=1S/C10H19ClO/c1-3-5-6-9(4-2)7-10(12)8-11/h9H,3-8H2,1-2H3/t9-/m1/s1. The van der Waals surface area contributed by atoms with Crippen molar-refractivity contribution >= 4 is 17.4 Å². The van der Waals surface area contributed by atoms with Crippen molar-refractivity contribution in [3.8, 4) is 0 Å². The number of rotatable bonds is 7. The highest BCUT2D eigenvalue weighted by atomic mass is 35.5. The molecule has 0 rings (SSSR count). The van der Waals surface area contributed by atoms with E-state index in [0.29, 0.717) is 12.3 Å². The third kappa shape index (κ3) is 5.59. The summed E-state index contributed by atoms with van der Waals surface area (Å²) in [5.74, 6) is 0.943. The van der Waals surface area contributed by atoms with Crippen LogP contribution in [0.3, 0.4) is 0 Å². The van der Waals surface area contributed by atoms with Gasteiger partial charge in [-0.05, 0) is 5.92 Å². The quantitative estimate of drug-likeness (QED) is 0.563. The van der Waals surface area contributed by atoms with Crippen LogP contribution in [0, 0.1) is 5.92 Å². The minimum Gasteiger partial charge on any atom is -0.298 e. The van der Waals surface area contributed by atoms with E-state index in [1.807, 2.05) is 0 Å². The molecule has 0 aliphatic rings.